The largest absolute Gasteiger partial charge is 0.352 e. The molecule has 1 aromatic carbocycles. The number of nitrogens with zero attached hydrogens (tertiary/aromatic N) is 3. The molecule has 1 fully saturated rings. The molecule has 0 radical (unpaired) electrons. The Morgan fingerprint density at radius 3 is 2.40 bits per heavy atom. The summed E-state index contributed by atoms with van der Waals surface area (Å²) >= 11 is 1.70. The minimum atomic E-state index is -3.38. The lowest BCUT2D eigenvalue weighted by molar-refractivity contribution is 0.346. The standard InChI is InChI=1S/C20H29N5O2S2.HI/c1-3-17-14-22-19(28-17)15-24-20(21-2)23-13-16-7-9-18(10-8-16)29(26,27)25-11-5-4-6-12-25;/h7-10,14H,3-6,11-13,15H2,1-2H3,(H2,21,23,24);1H. The molecule has 1 saturated heterocycles. The van der Waals surface area contributed by atoms with Crippen molar-refractivity contribution in [3.8, 4) is 0 Å². The fraction of sp³-hybridized carbons (Fsp3) is 0.500. The molecule has 0 atom stereocenters. The van der Waals surface area contributed by atoms with Crippen LogP contribution in [0, 0.1) is 0 Å². The number of nitrogens with one attached hydrogen (secondary N) is 2. The van der Waals surface area contributed by atoms with Crippen LogP contribution in [0.1, 0.15) is 41.6 Å². The second-order valence-electron chi connectivity index (χ2n) is 6.96. The zero-order valence-electron chi connectivity index (χ0n) is 17.4. The molecule has 0 aliphatic carbocycles. The van der Waals surface area contributed by atoms with Crippen LogP contribution in [0.5, 0.6) is 0 Å². The Balaban J connectivity index is 0.00000320. The molecule has 1 aliphatic heterocycles. The van der Waals surface area contributed by atoms with Crippen LogP contribution < -0.4 is 10.6 Å². The molecule has 0 amide bonds. The number of halogens is 1. The van der Waals surface area contributed by atoms with Crippen LogP contribution in [0.25, 0.3) is 0 Å². The lowest BCUT2D eigenvalue weighted by Crippen LogP contribution is -2.36. The summed E-state index contributed by atoms with van der Waals surface area (Å²) in [5.41, 5.74) is 0.994. The fourth-order valence-corrected chi connectivity index (χ4v) is 5.51. The molecule has 30 heavy (non-hydrogen) atoms. The summed E-state index contributed by atoms with van der Waals surface area (Å²) in [6, 6.07) is 7.09. The quantitative estimate of drug-likeness (QED) is 0.307. The lowest BCUT2D eigenvalue weighted by Gasteiger charge is -2.25. The van der Waals surface area contributed by atoms with Gasteiger partial charge in [0.2, 0.25) is 10.0 Å². The highest BCUT2D eigenvalue weighted by Crippen LogP contribution is 2.20. The molecule has 0 unspecified atom stereocenters. The molecule has 0 spiro atoms. The van der Waals surface area contributed by atoms with Gasteiger partial charge >= 0.3 is 0 Å². The van der Waals surface area contributed by atoms with Crippen LogP contribution in [0.2, 0.25) is 0 Å². The molecule has 2 N–H and O–H groups in total. The number of piperidine rings is 1. The first-order valence-corrected chi connectivity index (χ1v) is 12.3. The number of aliphatic imine (C=N–C) groups is 1. The van der Waals surface area contributed by atoms with E-state index in [2.05, 4.69) is 27.5 Å². The van der Waals surface area contributed by atoms with Gasteiger partial charge < -0.3 is 10.6 Å². The van der Waals surface area contributed by atoms with E-state index in [0.29, 0.717) is 37.0 Å². The van der Waals surface area contributed by atoms with Crippen molar-refractivity contribution in [1.29, 1.82) is 0 Å². The lowest BCUT2D eigenvalue weighted by atomic mass is 10.2. The van der Waals surface area contributed by atoms with Crippen LogP contribution in [-0.2, 0) is 29.5 Å². The molecule has 166 valence electrons. The van der Waals surface area contributed by atoms with E-state index in [9.17, 15) is 8.42 Å². The highest BCUT2D eigenvalue weighted by atomic mass is 127. The van der Waals surface area contributed by atoms with Crippen molar-refractivity contribution in [2.24, 2.45) is 4.99 Å². The maximum absolute atomic E-state index is 12.7. The number of hydrogen-bond acceptors (Lipinski definition) is 5. The number of hydrogen-bond donors (Lipinski definition) is 2. The third-order valence-corrected chi connectivity index (χ3v) is 7.97. The zero-order chi connectivity index (χ0) is 20.7. The molecule has 2 aromatic rings. The smallest absolute Gasteiger partial charge is 0.243 e. The van der Waals surface area contributed by atoms with Gasteiger partial charge in [0.05, 0.1) is 11.4 Å². The third kappa shape index (κ3) is 6.63. The Labute approximate surface area is 200 Å². The van der Waals surface area contributed by atoms with E-state index in [1.807, 2.05) is 18.3 Å². The summed E-state index contributed by atoms with van der Waals surface area (Å²) < 4.78 is 27.1. The van der Waals surface area contributed by atoms with Crippen molar-refractivity contribution in [3.05, 3.63) is 45.9 Å². The van der Waals surface area contributed by atoms with Gasteiger partial charge in [0.1, 0.15) is 5.01 Å². The van der Waals surface area contributed by atoms with Crippen LogP contribution >= 0.6 is 35.3 Å². The van der Waals surface area contributed by atoms with Gasteiger partial charge in [-0.05, 0) is 37.0 Å². The summed E-state index contributed by atoms with van der Waals surface area (Å²) in [7, 11) is -1.66. The van der Waals surface area contributed by atoms with Gasteiger partial charge in [0.15, 0.2) is 5.96 Å². The third-order valence-electron chi connectivity index (χ3n) is 4.92. The minimum Gasteiger partial charge on any atom is -0.352 e. The molecule has 1 aromatic heterocycles. The maximum atomic E-state index is 12.7. The van der Waals surface area contributed by atoms with Crippen LogP contribution in [0.3, 0.4) is 0 Å². The second-order valence-corrected chi connectivity index (χ2v) is 10.1. The van der Waals surface area contributed by atoms with E-state index in [0.717, 1.165) is 36.3 Å². The summed E-state index contributed by atoms with van der Waals surface area (Å²) in [5, 5.41) is 7.54. The minimum absolute atomic E-state index is 0. The molecular weight excluding hydrogens is 533 g/mol. The number of guanidine groups is 1. The van der Waals surface area contributed by atoms with Gasteiger partial charge in [-0.3, -0.25) is 4.99 Å². The van der Waals surface area contributed by atoms with E-state index in [-0.39, 0.29) is 24.0 Å². The number of sulfonamides is 1. The topological polar surface area (TPSA) is 86.7 Å². The monoisotopic (exact) mass is 563 g/mol. The molecule has 7 nitrogen and oxygen atoms in total. The average molecular weight is 564 g/mol. The second kappa shape index (κ2) is 12.0. The van der Waals surface area contributed by atoms with Crippen molar-refractivity contribution in [1.82, 2.24) is 19.9 Å². The average Bonchev–Trinajstić information content (AvgIpc) is 3.23. The SMILES string of the molecule is CCc1cnc(CNC(=NC)NCc2ccc(S(=O)(=O)N3CCCCC3)cc2)s1.I. The molecule has 1 aliphatic rings. The Bertz CT molecular complexity index is 923. The van der Waals surface area contributed by atoms with Crippen molar-refractivity contribution in [2.45, 2.75) is 50.6 Å². The number of rotatable bonds is 7. The Hall–Kier alpha value is -1.24. The Kier molecular flexibility index (Phi) is 9.98. The molecule has 10 heteroatoms. The van der Waals surface area contributed by atoms with E-state index >= 15 is 0 Å². The number of thiazole rings is 1. The van der Waals surface area contributed by atoms with Gasteiger partial charge in [-0.25, -0.2) is 13.4 Å². The highest BCUT2D eigenvalue weighted by Gasteiger charge is 2.25. The van der Waals surface area contributed by atoms with Gasteiger partial charge in [0, 0.05) is 37.8 Å². The van der Waals surface area contributed by atoms with Gasteiger partial charge in [0.25, 0.3) is 0 Å². The summed E-state index contributed by atoms with van der Waals surface area (Å²) in [6.45, 7) is 4.53. The molecular formula is C20H30IN5O2S2. The number of benzene rings is 1. The zero-order valence-corrected chi connectivity index (χ0v) is 21.4. The first-order valence-electron chi connectivity index (χ1n) is 10.00. The molecule has 0 bridgehead atoms. The highest BCUT2D eigenvalue weighted by molar-refractivity contribution is 14.0. The first-order chi connectivity index (χ1) is 14.0. The Morgan fingerprint density at radius 1 is 1.13 bits per heavy atom. The number of aromatic nitrogens is 1. The van der Waals surface area contributed by atoms with Crippen LogP contribution in [0.15, 0.2) is 40.4 Å². The van der Waals surface area contributed by atoms with E-state index < -0.39 is 10.0 Å². The van der Waals surface area contributed by atoms with E-state index in [1.165, 1.54) is 4.88 Å². The molecule has 3 rings (SSSR count). The fourth-order valence-electron chi connectivity index (χ4n) is 3.19. The normalized spacial score (nSPS) is 15.5. The predicted molar refractivity (Wildman–Crippen MR) is 133 cm³/mol. The van der Waals surface area contributed by atoms with Crippen molar-refractivity contribution in [3.63, 3.8) is 0 Å². The first kappa shape index (κ1) is 25.0. The summed E-state index contributed by atoms with van der Waals surface area (Å²) in [6.07, 6.45) is 5.89. The van der Waals surface area contributed by atoms with Crippen molar-refractivity contribution in [2.75, 3.05) is 20.1 Å². The van der Waals surface area contributed by atoms with Gasteiger partial charge in [-0.2, -0.15) is 4.31 Å². The summed E-state index contributed by atoms with van der Waals surface area (Å²) in [5.74, 6) is 0.684. The van der Waals surface area contributed by atoms with E-state index in [1.54, 1.807) is 34.8 Å². The Morgan fingerprint density at radius 2 is 1.80 bits per heavy atom. The van der Waals surface area contributed by atoms with E-state index in [4.69, 9.17) is 0 Å². The van der Waals surface area contributed by atoms with Crippen molar-refractivity contribution >= 4 is 51.3 Å². The van der Waals surface area contributed by atoms with Crippen molar-refractivity contribution < 1.29 is 8.42 Å². The maximum Gasteiger partial charge on any atom is 0.243 e. The van der Waals surface area contributed by atoms with Crippen LogP contribution in [-0.4, -0.2) is 43.8 Å². The summed E-state index contributed by atoms with van der Waals surface area (Å²) in [4.78, 5) is 10.3. The molecule has 0 saturated carbocycles. The van der Waals surface area contributed by atoms with Crippen LogP contribution in [0.4, 0.5) is 0 Å². The molecule has 2 heterocycles. The number of aryl methyl sites for hydroxylation is 1. The predicted octanol–water partition coefficient (Wildman–Crippen LogP) is 3.36. The van der Waals surface area contributed by atoms with Gasteiger partial charge in [-0.1, -0.05) is 25.5 Å². The van der Waals surface area contributed by atoms with Gasteiger partial charge in [-0.15, -0.1) is 35.3 Å².